The highest BCUT2D eigenvalue weighted by Gasteiger charge is 2.20. The molecular formula is C24H23Cl3N4O4S. The number of nitrogens with zero attached hydrogens (tertiary/aromatic N) is 2. The van der Waals surface area contributed by atoms with Gasteiger partial charge in [0.15, 0.2) is 0 Å². The Kier molecular flexibility index (Phi) is 8.58. The lowest BCUT2D eigenvalue weighted by atomic mass is 10.2. The first-order chi connectivity index (χ1) is 17.2. The Hall–Kier alpha value is -2.56. The molecule has 0 radical (unpaired) electrons. The number of nitrogens with one attached hydrogen (secondary N) is 2. The lowest BCUT2D eigenvalue weighted by Crippen LogP contribution is -2.33. The fraction of sp³-hybridized carbons (Fsp3) is 0.250. The summed E-state index contributed by atoms with van der Waals surface area (Å²) in [5.74, 6) is 0.0193. The lowest BCUT2D eigenvalue weighted by molar-refractivity contribution is 0.0949. The molecule has 2 N–H and O–H groups in total. The van der Waals surface area contributed by atoms with Crippen LogP contribution in [0.25, 0.3) is 0 Å². The summed E-state index contributed by atoms with van der Waals surface area (Å²) in [7, 11) is -4.06. The van der Waals surface area contributed by atoms with Gasteiger partial charge in [-0.15, -0.1) is 0 Å². The summed E-state index contributed by atoms with van der Waals surface area (Å²) < 4.78 is 34.1. The number of carbonyl (C=O) groups is 1. The van der Waals surface area contributed by atoms with Crippen molar-refractivity contribution in [1.82, 2.24) is 15.2 Å². The summed E-state index contributed by atoms with van der Waals surface area (Å²) >= 11 is 17.9. The highest BCUT2D eigenvalue weighted by molar-refractivity contribution is 7.92. The Morgan fingerprint density at radius 3 is 2.56 bits per heavy atom. The number of likely N-dealkylation sites (tertiary alicyclic amines) is 1. The number of carbonyl (C=O) groups excluding carboxylic acids is 1. The minimum Gasteiger partial charge on any atom is -0.437 e. The van der Waals surface area contributed by atoms with E-state index >= 15 is 0 Å². The van der Waals surface area contributed by atoms with E-state index < -0.39 is 10.0 Å². The average molecular weight is 570 g/mol. The summed E-state index contributed by atoms with van der Waals surface area (Å²) in [6, 6.07) is 11.8. The maximum Gasteiger partial charge on any atom is 0.262 e. The second-order valence-corrected chi connectivity index (χ2v) is 11.1. The quantitative estimate of drug-likeness (QED) is 0.355. The van der Waals surface area contributed by atoms with Gasteiger partial charge in [-0.3, -0.25) is 9.52 Å². The van der Waals surface area contributed by atoms with E-state index in [-0.39, 0.29) is 37.4 Å². The van der Waals surface area contributed by atoms with Crippen molar-refractivity contribution in [3.63, 3.8) is 0 Å². The minimum absolute atomic E-state index is 0.00837. The SMILES string of the molecule is O=C(NCCN1CCCC1)c1cccc(Oc2ncc(Cl)cc2NS(=O)(=O)c2ccc(Cl)c(Cl)c2)c1. The number of amides is 1. The van der Waals surface area contributed by atoms with E-state index in [4.69, 9.17) is 39.5 Å². The van der Waals surface area contributed by atoms with E-state index in [1.54, 1.807) is 24.3 Å². The van der Waals surface area contributed by atoms with E-state index in [0.29, 0.717) is 17.9 Å². The van der Waals surface area contributed by atoms with Crippen LogP contribution < -0.4 is 14.8 Å². The normalized spacial score (nSPS) is 14.0. The first kappa shape index (κ1) is 26.5. The van der Waals surface area contributed by atoms with Crippen LogP contribution in [0.4, 0.5) is 5.69 Å². The van der Waals surface area contributed by atoms with Crippen molar-refractivity contribution in [2.75, 3.05) is 30.9 Å². The number of anilines is 1. The van der Waals surface area contributed by atoms with Crippen LogP contribution in [0.2, 0.25) is 15.1 Å². The van der Waals surface area contributed by atoms with Gasteiger partial charge in [0.2, 0.25) is 5.88 Å². The number of hydrogen-bond donors (Lipinski definition) is 2. The predicted molar refractivity (Wildman–Crippen MR) is 141 cm³/mol. The molecule has 0 spiro atoms. The molecule has 1 aliphatic heterocycles. The predicted octanol–water partition coefficient (Wildman–Crippen LogP) is 5.46. The van der Waals surface area contributed by atoms with Crippen LogP contribution in [-0.2, 0) is 10.0 Å². The molecule has 36 heavy (non-hydrogen) atoms. The summed E-state index contributed by atoms with van der Waals surface area (Å²) in [5, 5.41) is 3.43. The fourth-order valence-corrected chi connectivity index (χ4v) is 5.27. The Labute approximate surface area is 224 Å². The molecule has 0 bridgehead atoms. The number of pyridine rings is 1. The third-order valence-electron chi connectivity index (χ3n) is 5.49. The standard InChI is InChI=1S/C24H23Cl3N4O4S/c25-17-13-22(30-36(33,34)19-6-7-20(26)21(27)14-19)24(29-15-17)35-18-5-3-4-16(12-18)23(32)28-8-11-31-9-1-2-10-31/h3-7,12-15,30H,1-2,8-11H2,(H,28,32). The average Bonchev–Trinajstić information content (AvgIpc) is 3.36. The van der Waals surface area contributed by atoms with Gasteiger partial charge >= 0.3 is 0 Å². The Bertz CT molecular complexity index is 1370. The zero-order valence-corrected chi connectivity index (χ0v) is 22.1. The topological polar surface area (TPSA) is 101 Å². The van der Waals surface area contributed by atoms with Crippen molar-refractivity contribution >= 4 is 56.4 Å². The number of sulfonamides is 1. The van der Waals surface area contributed by atoms with Gasteiger partial charge in [-0.05, 0) is 68.4 Å². The van der Waals surface area contributed by atoms with Gasteiger partial charge in [0.1, 0.15) is 11.4 Å². The van der Waals surface area contributed by atoms with Crippen molar-refractivity contribution in [2.45, 2.75) is 17.7 Å². The van der Waals surface area contributed by atoms with Gasteiger partial charge in [-0.2, -0.15) is 0 Å². The van der Waals surface area contributed by atoms with Crippen LogP contribution in [0.1, 0.15) is 23.2 Å². The van der Waals surface area contributed by atoms with Crippen LogP contribution >= 0.6 is 34.8 Å². The molecule has 2 aromatic carbocycles. The van der Waals surface area contributed by atoms with Crippen molar-refractivity contribution in [3.8, 4) is 11.6 Å². The van der Waals surface area contributed by atoms with Crippen molar-refractivity contribution in [2.24, 2.45) is 0 Å². The van der Waals surface area contributed by atoms with Crippen molar-refractivity contribution in [1.29, 1.82) is 0 Å². The Morgan fingerprint density at radius 2 is 1.81 bits per heavy atom. The van der Waals surface area contributed by atoms with Crippen molar-refractivity contribution < 1.29 is 17.9 Å². The van der Waals surface area contributed by atoms with E-state index in [0.717, 1.165) is 19.6 Å². The minimum atomic E-state index is -4.06. The molecule has 8 nitrogen and oxygen atoms in total. The lowest BCUT2D eigenvalue weighted by Gasteiger charge is -2.15. The molecule has 3 aromatic rings. The van der Waals surface area contributed by atoms with Gasteiger partial charge in [0, 0.05) is 24.8 Å². The summed E-state index contributed by atoms with van der Waals surface area (Å²) in [6.45, 7) is 3.47. The van der Waals surface area contributed by atoms with Crippen LogP contribution in [0.5, 0.6) is 11.6 Å². The molecular weight excluding hydrogens is 547 g/mol. The second-order valence-electron chi connectivity index (χ2n) is 8.12. The molecule has 4 rings (SSSR count). The van der Waals surface area contributed by atoms with Gasteiger partial charge in [0.05, 0.1) is 20.0 Å². The molecule has 0 aliphatic carbocycles. The Balaban J connectivity index is 1.48. The van der Waals surface area contributed by atoms with Crippen LogP contribution in [0.3, 0.4) is 0 Å². The number of hydrogen-bond acceptors (Lipinski definition) is 6. The summed E-state index contributed by atoms with van der Waals surface area (Å²) in [6.07, 6.45) is 3.71. The molecule has 1 amide bonds. The molecule has 0 unspecified atom stereocenters. The smallest absolute Gasteiger partial charge is 0.262 e. The van der Waals surface area contributed by atoms with E-state index in [2.05, 4.69) is 19.9 Å². The number of halogens is 3. The first-order valence-corrected chi connectivity index (χ1v) is 13.7. The molecule has 2 heterocycles. The number of benzene rings is 2. The highest BCUT2D eigenvalue weighted by Crippen LogP contribution is 2.32. The highest BCUT2D eigenvalue weighted by atomic mass is 35.5. The maximum absolute atomic E-state index is 12.9. The second kappa shape index (κ2) is 11.7. The summed E-state index contributed by atoms with van der Waals surface area (Å²) in [4.78, 5) is 18.9. The molecule has 1 fully saturated rings. The summed E-state index contributed by atoms with van der Waals surface area (Å²) in [5.41, 5.74) is 0.412. The first-order valence-electron chi connectivity index (χ1n) is 11.1. The third-order valence-corrected chi connectivity index (χ3v) is 7.80. The monoisotopic (exact) mass is 568 g/mol. The van der Waals surface area contributed by atoms with Crippen LogP contribution in [-0.4, -0.2) is 50.4 Å². The number of aromatic nitrogens is 1. The number of ether oxygens (including phenoxy) is 1. The zero-order valence-electron chi connectivity index (χ0n) is 19.0. The largest absolute Gasteiger partial charge is 0.437 e. The maximum atomic E-state index is 12.9. The van der Waals surface area contributed by atoms with Gasteiger partial charge in [0.25, 0.3) is 15.9 Å². The molecule has 0 saturated carbocycles. The van der Waals surface area contributed by atoms with Crippen LogP contribution in [0.15, 0.2) is 59.6 Å². The van der Waals surface area contributed by atoms with E-state index in [1.165, 1.54) is 43.3 Å². The fourth-order valence-electron chi connectivity index (χ4n) is 3.68. The van der Waals surface area contributed by atoms with Gasteiger partial charge in [-0.25, -0.2) is 13.4 Å². The third kappa shape index (κ3) is 6.80. The number of rotatable bonds is 9. The Morgan fingerprint density at radius 1 is 1.03 bits per heavy atom. The molecule has 0 atom stereocenters. The molecule has 12 heteroatoms. The van der Waals surface area contributed by atoms with E-state index in [1.807, 2.05) is 0 Å². The van der Waals surface area contributed by atoms with Gasteiger partial charge < -0.3 is 15.0 Å². The molecule has 1 aliphatic rings. The van der Waals surface area contributed by atoms with Crippen LogP contribution in [0, 0.1) is 0 Å². The van der Waals surface area contributed by atoms with Crippen molar-refractivity contribution in [3.05, 3.63) is 75.4 Å². The molecule has 190 valence electrons. The molecule has 1 aromatic heterocycles. The molecule has 1 saturated heterocycles. The zero-order chi connectivity index (χ0) is 25.7. The van der Waals surface area contributed by atoms with Gasteiger partial charge in [-0.1, -0.05) is 40.9 Å². The van der Waals surface area contributed by atoms with E-state index in [9.17, 15) is 13.2 Å².